The Bertz CT molecular complexity index is 1160. The lowest BCUT2D eigenvalue weighted by molar-refractivity contribution is -0.129. The number of aryl methyl sites for hydroxylation is 1. The number of fused-ring (bicyclic) bond motifs is 1. The van der Waals surface area contributed by atoms with Crippen LogP contribution < -0.4 is 9.47 Å². The zero-order chi connectivity index (χ0) is 27.3. The van der Waals surface area contributed by atoms with Gasteiger partial charge in [-0.05, 0) is 80.2 Å². The van der Waals surface area contributed by atoms with Crippen molar-refractivity contribution in [2.75, 3.05) is 14.2 Å². The van der Waals surface area contributed by atoms with E-state index >= 15 is 0 Å². The molecule has 3 atom stereocenters. The third-order valence-corrected chi connectivity index (χ3v) is 7.99. The van der Waals surface area contributed by atoms with Crippen LogP contribution in [0.15, 0.2) is 24.3 Å². The first-order valence-electron chi connectivity index (χ1n) is 13.6. The highest BCUT2D eigenvalue weighted by Gasteiger charge is 2.34. The van der Waals surface area contributed by atoms with Crippen LogP contribution in [0.5, 0.6) is 11.5 Å². The molecule has 0 N–H and O–H groups in total. The van der Waals surface area contributed by atoms with Gasteiger partial charge in [-0.3, -0.25) is 14.4 Å². The molecule has 0 radical (unpaired) electrons. The van der Waals surface area contributed by atoms with Gasteiger partial charge in [0.05, 0.1) is 20.6 Å². The van der Waals surface area contributed by atoms with Crippen molar-refractivity contribution in [1.29, 1.82) is 0 Å². The summed E-state index contributed by atoms with van der Waals surface area (Å²) < 4.78 is 11.1. The summed E-state index contributed by atoms with van der Waals surface area (Å²) in [6, 6.07) is 8.12. The summed E-state index contributed by atoms with van der Waals surface area (Å²) in [7, 11) is 3.27. The fraction of sp³-hybridized carbons (Fsp3) is 0.531. The van der Waals surface area contributed by atoms with E-state index in [1.54, 1.807) is 14.2 Å². The number of ether oxygens (including phenoxy) is 2. The molecule has 3 rings (SSSR count). The molecule has 0 fully saturated rings. The lowest BCUT2D eigenvalue weighted by atomic mass is 9.71. The van der Waals surface area contributed by atoms with Crippen molar-refractivity contribution in [3.05, 3.63) is 46.5 Å². The molecule has 0 heterocycles. The van der Waals surface area contributed by atoms with Gasteiger partial charge in [-0.15, -0.1) is 0 Å². The Morgan fingerprint density at radius 3 is 2.30 bits per heavy atom. The third kappa shape index (κ3) is 6.14. The molecule has 1 aliphatic rings. The minimum atomic E-state index is -0.134. The van der Waals surface area contributed by atoms with E-state index in [1.807, 2.05) is 39.0 Å². The summed E-state index contributed by atoms with van der Waals surface area (Å²) in [5.74, 6) is 1.74. The molecule has 0 saturated heterocycles. The quantitative estimate of drug-likeness (QED) is 0.287. The van der Waals surface area contributed by atoms with Gasteiger partial charge in [0.1, 0.15) is 11.6 Å². The number of hydrogen-bond acceptors (Lipinski definition) is 5. The smallest absolute Gasteiger partial charge is 0.164 e. The number of ketones is 3. The van der Waals surface area contributed by atoms with Crippen LogP contribution in [0.4, 0.5) is 0 Å². The van der Waals surface area contributed by atoms with Crippen LogP contribution in [-0.4, -0.2) is 31.6 Å². The summed E-state index contributed by atoms with van der Waals surface area (Å²) in [4.78, 5) is 38.1. The average molecular weight is 507 g/mol. The lowest BCUT2D eigenvalue weighted by Gasteiger charge is -2.32. The predicted molar refractivity (Wildman–Crippen MR) is 148 cm³/mol. The van der Waals surface area contributed by atoms with E-state index < -0.39 is 0 Å². The van der Waals surface area contributed by atoms with E-state index in [2.05, 4.69) is 13.0 Å². The Morgan fingerprint density at radius 1 is 1.00 bits per heavy atom. The number of Topliss-reactive ketones (excluding diaryl/α,β-unsaturated/α-hetero) is 3. The number of rotatable bonds is 12. The molecule has 5 nitrogen and oxygen atoms in total. The second-order valence-electron chi connectivity index (χ2n) is 10.6. The fourth-order valence-electron chi connectivity index (χ4n) is 6.36. The summed E-state index contributed by atoms with van der Waals surface area (Å²) in [6.07, 6.45) is 4.75. The van der Waals surface area contributed by atoms with E-state index in [9.17, 15) is 14.4 Å². The summed E-state index contributed by atoms with van der Waals surface area (Å²) in [5.41, 5.74) is 6.02. The summed E-state index contributed by atoms with van der Waals surface area (Å²) in [6.45, 7) is 9.69. The highest BCUT2D eigenvalue weighted by molar-refractivity contribution is 6.02. The van der Waals surface area contributed by atoms with Crippen LogP contribution in [0.2, 0.25) is 0 Å². The second-order valence-corrected chi connectivity index (χ2v) is 10.6. The average Bonchev–Trinajstić information content (AvgIpc) is 2.84. The first-order valence-corrected chi connectivity index (χ1v) is 13.6. The molecule has 37 heavy (non-hydrogen) atoms. The minimum absolute atomic E-state index is 0.00702. The van der Waals surface area contributed by atoms with E-state index in [0.29, 0.717) is 17.9 Å². The molecule has 5 heteroatoms. The van der Waals surface area contributed by atoms with Crippen molar-refractivity contribution in [1.82, 2.24) is 0 Å². The standard InChI is InChI=1S/C32H42O5/c1-8-10-23(24(9-2)28(34)15-20(4)33)16-22-17-27-26(12-11-19(3)31(27)29(35)18-22)25-13-14-30(36-6)32(37-7)21(25)5/h11-14,22-24H,8-10,15-18H2,1-7H3. The molecule has 0 spiro atoms. The maximum atomic E-state index is 13.5. The predicted octanol–water partition coefficient (Wildman–Crippen LogP) is 7.11. The van der Waals surface area contributed by atoms with Gasteiger partial charge in [-0.25, -0.2) is 0 Å². The van der Waals surface area contributed by atoms with Crippen LogP contribution in [0.1, 0.15) is 86.3 Å². The highest BCUT2D eigenvalue weighted by atomic mass is 16.5. The minimum Gasteiger partial charge on any atom is -0.493 e. The molecule has 2 aromatic carbocycles. The Balaban J connectivity index is 2.01. The maximum Gasteiger partial charge on any atom is 0.164 e. The zero-order valence-electron chi connectivity index (χ0n) is 23.5. The lowest BCUT2D eigenvalue weighted by Crippen LogP contribution is -2.30. The van der Waals surface area contributed by atoms with Crippen LogP contribution in [0, 0.1) is 31.6 Å². The van der Waals surface area contributed by atoms with Gasteiger partial charge in [-0.2, -0.15) is 0 Å². The zero-order valence-corrected chi connectivity index (χ0v) is 23.5. The number of carbonyl (C=O) groups is 3. The van der Waals surface area contributed by atoms with E-state index in [-0.39, 0.29) is 41.5 Å². The first-order chi connectivity index (χ1) is 17.7. The largest absolute Gasteiger partial charge is 0.493 e. The van der Waals surface area contributed by atoms with Gasteiger partial charge >= 0.3 is 0 Å². The third-order valence-electron chi connectivity index (χ3n) is 7.99. The molecular weight excluding hydrogens is 464 g/mol. The molecule has 0 aliphatic heterocycles. The Hall–Kier alpha value is -2.95. The molecule has 0 aromatic heterocycles. The normalized spacial score (nSPS) is 16.6. The van der Waals surface area contributed by atoms with Crippen molar-refractivity contribution < 1.29 is 23.9 Å². The number of hydrogen-bond donors (Lipinski definition) is 0. The molecule has 0 amide bonds. The van der Waals surface area contributed by atoms with Gasteiger partial charge in [-0.1, -0.05) is 44.9 Å². The Labute approximate surface area is 221 Å². The van der Waals surface area contributed by atoms with Crippen molar-refractivity contribution in [2.45, 2.75) is 79.6 Å². The van der Waals surface area contributed by atoms with Gasteiger partial charge in [0.25, 0.3) is 0 Å². The van der Waals surface area contributed by atoms with Gasteiger partial charge in [0.2, 0.25) is 0 Å². The molecule has 200 valence electrons. The molecule has 2 aromatic rings. The Kier molecular flexibility index (Phi) is 9.69. The van der Waals surface area contributed by atoms with Gasteiger partial charge in [0.15, 0.2) is 17.3 Å². The van der Waals surface area contributed by atoms with E-state index in [0.717, 1.165) is 65.5 Å². The van der Waals surface area contributed by atoms with Crippen LogP contribution in [0.25, 0.3) is 11.1 Å². The van der Waals surface area contributed by atoms with Crippen molar-refractivity contribution in [3.63, 3.8) is 0 Å². The highest BCUT2D eigenvalue weighted by Crippen LogP contribution is 2.43. The fourth-order valence-corrected chi connectivity index (χ4v) is 6.36. The SMILES string of the molecule is CCCC(CC1CC(=O)c2c(C)ccc(-c3ccc(OC)c(OC)c3C)c2C1)C(CC)C(=O)CC(C)=O. The number of methoxy groups -OCH3 is 2. The monoisotopic (exact) mass is 506 g/mol. The second kappa shape index (κ2) is 12.5. The summed E-state index contributed by atoms with van der Waals surface area (Å²) >= 11 is 0. The van der Waals surface area contributed by atoms with Crippen LogP contribution >= 0.6 is 0 Å². The maximum absolute atomic E-state index is 13.5. The molecule has 3 unspecified atom stereocenters. The number of benzene rings is 2. The molecular formula is C32H42O5. The van der Waals surface area contributed by atoms with Crippen LogP contribution in [0.3, 0.4) is 0 Å². The molecule has 0 bridgehead atoms. The number of carbonyl (C=O) groups excluding carboxylic acids is 3. The van der Waals surface area contributed by atoms with E-state index in [4.69, 9.17) is 9.47 Å². The van der Waals surface area contributed by atoms with Crippen LogP contribution in [-0.2, 0) is 16.0 Å². The van der Waals surface area contributed by atoms with Gasteiger partial charge in [0, 0.05) is 23.5 Å². The van der Waals surface area contributed by atoms with Crippen molar-refractivity contribution in [2.24, 2.45) is 17.8 Å². The van der Waals surface area contributed by atoms with E-state index in [1.165, 1.54) is 6.92 Å². The first kappa shape index (κ1) is 28.6. The van der Waals surface area contributed by atoms with Gasteiger partial charge < -0.3 is 9.47 Å². The van der Waals surface area contributed by atoms with Crippen molar-refractivity contribution >= 4 is 17.3 Å². The molecule has 1 aliphatic carbocycles. The Morgan fingerprint density at radius 2 is 1.70 bits per heavy atom. The topological polar surface area (TPSA) is 69.7 Å². The molecule has 0 saturated carbocycles. The summed E-state index contributed by atoms with van der Waals surface area (Å²) in [5, 5.41) is 0. The van der Waals surface area contributed by atoms with Crippen molar-refractivity contribution in [3.8, 4) is 22.6 Å².